The third kappa shape index (κ3) is 5.34. The summed E-state index contributed by atoms with van der Waals surface area (Å²) in [7, 11) is -1.28. The molecule has 2 fully saturated rings. The van der Waals surface area contributed by atoms with Crippen LogP contribution in [0.1, 0.15) is 76.1 Å². The predicted octanol–water partition coefficient (Wildman–Crippen LogP) is 3.93. The Morgan fingerprint density at radius 1 is 1.23 bits per heavy atom. The van der Waals surface area contributed by atoms with Gasteiger partial charge >= 0.3 is 6.09 Å². The normalized spacial score (nSPS) is 23.7. The number of rotatable bonds is 5. The van der Waals surface area contributed by atoms with Crippen LogP contribution in [-0.4, -0.2) is 53.4 Å². The molecule has 1 saturated heterocycles. The number of hydrogen-bond donors (Lipinski definition) is 1. The van der Waals surface area contributed by atoms with Crippen LogP contribution in [0.15, 0.2) is 12.3 Å². The van der Waals surface area contributed by atoms with Crippen molar-refractivity contribution in [1.29, 1.82) is 0 Å². The number of alkyl carbamates (subject to hydrolysis) is 1. The topological polar surface area (TPSA) is 80.6 Å². The molecule has 0 aromatic carbocycles. The van der Waals surface area contributed by atoms with E-state index in [1.165, 1.54) is 16.8 Å². The minimum absolute atomic E-state index is 0.136. The first kappa shape index (κ1) is 23.9. The Balaban J connectivity index is 1.54. The number of allylic oxidation sites excluding steroid dienone is 1. The smallest absolute Gasteiger partial charge is 0.407 e. The van der Waals surface area contributed by atoms with Gasteiger partial charge in [-0.1, -0.05) is 12.2 Å². The van der Waals surface area contributed by atoms with Crippen molar-refractivity contribution in [3.05, 3.63) is 29.1 Å². The number of ether oxygens (including phenoxy) is 1. The van der Waals surface area contributed by atoms with Crippen molar-refractivity contribution >= 4 is 22.2 Å². The molecule has 31 heavy (non-hydrogen) atoms. The summed E-state index contributed by atoms with van der Waals surface area (Å²) in [6, 6.07) is -0.136. The monoisotopic (exact) mass is 451 g/mol. The fourth-order valence-corrected chi connectivity index (χ4v) is 6.61. The zero-order valence-electron chi connectivity index (χ0n) is 19.6. The molecule has 8 heteroatoms. The van der Waals surface area contributed by atoms with Crippen molar-refractivity contribution in [2.24, 2.45) is 7.05 Å². The zero-order valence-corrected chi connectivity index (χ0v) is 20.5. The molecule has 0 radical (unpaired) electrons. The number of piperidine rings is 1. The molecule has 0 atom stereocenters. The average molecular weight is 452 g/mol. The van der Waals surface area contributed by atoms with Gasteiger partial charge in [-0.15, -0.1) is 0 Å². The van der Waals surface area contributed by atoms with E-state index in [4.69, 9.17) is 4.74 Å². The predicted molar refractivity (Wildman–Crippen MR) is 124 cm³/mol. The van der Waals surface area contributed by atoms with Crippen molar-refractivity contribution < 1.29 is 17.9 Å². The van der Waals surface area contributed by atoms with Gasteiger partial charge in [-0.05, 0) is 77.3 Å². The summed E-state index contributed by atoms with van der Waals surface area (Å²) in [6.07, 6.45) is 8.49. The lowest BCUT2D eigenvalue weighted by Crippen LogP contribution is -2.54. The summed E-state index contributed by atoms with van der Waals surface area (Å²) in [5.41, 5.74) is 3.26. The van der Waals surface area contributed by atoms with Crippen LogP contribution in [0.3, 0.4) is 0 Å². The van der Waals surface area contributed by atoms with Gasteiger partial charge in [0, 0.05) is 38.1 Å². The molecule has 0 spiro atoms. The van der Waals surface area contributed by atoms with Gasteiger partial charge in [-0.25, -0.2) is 17.5 Å². The number of carbonyl (C=O) groups excluding carboxylic acids is 1. The molecule has 2 heterocycles. The summed E-state index contributed by atoms with van der Waals surface area (Å²) < 4.78 is 35.2. The second kappa shape index (κ2) is 8.98. The first-order valence-corrected chi connectivity index (χ1v) is 12.7. The second-order valence-corrected chi connectivity index (χ2v) is 12.1. The standard InChI is InChI=1S/C23H37N3O4S/c1-7-8-20-16(2)25(6)15-21(20)17-9-11-26(12-10-17)31(28,29)19-13-18(14-19)24-22(27)30-23(3,4)5/h7-8,15,17-19H,9-14H2,1-6H3,(H,24,27)/b8-7-. The molecule has 174 valence electrons. The molecule has 7 nitrogen and oxygen atoms in total. The maximum atomic E-state index is 13.1. The summed E-state index contributed by atoms with van der Waals surface area (Å²) in [6.45, 7) is 10.7. The van der Waals surface area contributed by atoms with Crippen LogP contribution in [0.2, 0.25) is 0 Å². The third-order valence-corrected chi connectivity index (χ3v) is 8.70. The molecular formula is C23H37N3O4S. The van der Waals surface area contributed by atoms with E-state index in [9.17, 15) is 13.2 Å². The number of aromatic nitrogens is 1. The molecule has 3 rings (SSSR count). The molecule has 1 saturated carbocycles. The molecule has 0 bridgehead atoms. The number of sulfonamides is 1. The SMILES string of the molecule is C/C=C\c1c(C2CCN(S(=O)(=O)C3CC(NC(=O)OC(C)(C)C)C3)CC2)cn(C)c1C. The minimum atomic E-state index is -3.34. The number of carbonyl (C=O) groups is 1. The first-order chi connectivity index (χ1) is 14.4. The van der Waals surface area contributed by atoms with Crippen molar-refractivity contribution in [3.8, 4) is 0 Å². The van der Waals surface area contributed by atoms with Crippen LogP contribution in [0.4, 0.5) is 4.79 Å². The van der Waals surface area contributed by atoms with E-state index in [0.29, 0.717) is 31.8 Å². The van der Waals surface area contributed by atoms with Gasteiger partial charge in [0.15, 0.2) is 0 Å². The Labute approximate surface area is 186 Å². The second-order valence-electron chi connectivity index (χ2n) is 9.85. The van der Waals surface area contributed by atoms with Crippen molar-refractivity contribution in [2.75, 3.05) is 13.1 Å². The highest BCUT2D eigenvalue weighted by molar-refractivity contribution is 7.89. The van der Waals surface area contributed by atoms with E-state index in [1.54, 1.807) is 4.31 Å². The molecule has 1 amide bonds. The van der Waals surface area contributed by atoms with E-state index in [2.05, 4.69) is 42.2 Å². The first-order valence-electron chi connectivity index (χ1n) is 11.2. The van der Waals surface area contributed by atoms with Crippen molar-refractivity contribution in [1.82, 2.24) is 14.2 Å². The third-order valence-electron chi connectivity index (χ3n) is 6.39. The van der Waals surface area contributed by atoms with Crippen LogP contribution < -0.4 is 5.32 Å². The molecule has 1 aromatic rings. The molecule has 1 aliphatic heterocycles. The summed E-state index contributed by atoms with van der Waals surface area (Å²) in [5.74, 6) is 0.375. The van der Waals surface area contributed by atoms with E-state index in [-0.39, 0.29) is 6.04 Å². The van der Waals surface area contributed by atoms with Crippen LogP contribution in [0, 0.1) is 6.92 Å². The maximum absolute atomic E-state index is 13.1. The molecule has 1 aromatic heterocycles. The molecular weight excluding hydrogens is 414 g/mol. The molecule has 0 unspecified atom stereocenters. The number of hydrogen-bond acceptors (Lipinski definition) is 4. The fraction of sp³-hybridized carbons (Fsp3) is 0.696. The van der Waals surface area contributed by atoms with E-state index in [0.717, 1.165) is 12.8 Å². The molecule has 2 aliphatic rings. The highest BCUT2D eigenvalue weighted by Crippen LogP contribution is 2.36. The van der Waals surface area contributed by atoms with Crippen LogP contribution >= 0.6 is 0 Å². The van der Waals surface area contributed by atoms with Crippen molar-refractivity contribution in [2.45, 2.75) is 83.1 Å². The van der Waals surface area contributed by atoms with E-state index >= 15 is 0 Å². The quantitative estimate of drug-likeness (QED) is 0.735. The van der Waals surface area contributed by atoms with Gasteiger partial charge in [0.2, 0.25) is 10.0 Å². The van der Waals surface area contributed by atoms with E-state index < -0.39 is 27.0 Å². The number of aryl methyl sites for hydroxylation is 1. The molecule has 1 aliphatic carbocycles. The lowest BCUT2D eigenvalue weighted by molar-refractivity contribution is 0.0480. The lowest BCUT2D eigenvalue weighted by Gasteiger charge is -2.40. The summed E-state index contributed by atoms with van der Waals surface area (Å²) in [5, 5.41) is 2.36. The Bertz CT molecular complexity index is 929. The number of nitrogens with zero attached hydrogens (tertiary/aromatic N) is 2. The summed E-state index contributed by atoms with van der Waals surface area (Å²) >= 11 is 0. The Morgan fingerprint density at radius 3 is 2.39 bits per heavy atom. The maximum Gasteiger partial charge on any atom is 0.407 e. The van der Waals surface area contributed by atoms with Gasteiger partial charge < -0.3 is 14.6 Å². The van der Waals surface area contributed by atoms with Gasteiger partial charge in [-0.2, -0.15) is 0 Å². The highest BCUT2D eigenvalue weighted by Gasteiger charge is 2.44. The van der Waals surface area contributed by atoms with E-state index in [1.807, 2.05) is 27.7 Å². The van der Waals surface area contributed by atoms with Crippen LogP contribution in [0.5, 0.6) is 0 Å². The minimum Gasteiger partial charge on any atom is -0.444 e. The van der Waals surface area contributed by atoms with Crippen molar-refractivity contribution in [3.63, 3.8) is 0 Å². The Morgan fingerprint density at radius 2 is 1.84 bits per heavy atom. The Hall–Kier alpha value is -1.80. The molecule has 1 N–H and O–H groups in total. The van der Waals surface area contributed by atoms with Gasteiger partial charge in [0.1, 0.15) is 5.60 Å². The number of amides is 1. The Kier molecular flexibility index (Phi) is 6.91. The fourth-order valence-electron chi connectivity index (χ4n) is 4.52. The largest absolute Gasteiger partial charge is 0.444 e. The highest BCUT2D eigenvalue weighted by atomic mass is 32.2. The number of nitrogens with one attached hydrogen (secondary N) is 1. The van der Waals surface area contributed by atoms with Crippen LogP contribution in [0.25, 0.3) is 6.08 Å². The van der Waals surface area contributed by atoms with Gasteiger partial charge in [0.05, 0.1) is 5.25 Å². The lowest BCUT2D eigenvalue weighted by atomic mass is 9.89. The van der Waals surface area contributed by atoms with Crippen LogP contribution in [-0.2, 0) is 21.8 Å². The summed E-state index contributed by atoms with van der Waals surface area (Å²) in [4.78, 5) is 11.9. The average Bonchev–Trinajstić information content (AvgIpc) is 2.91. The zero-order chi connectivity index (χ0) is 23.0. The van der Waals surface area contributed by atoms with Gasteiger partial charge in [0.25, 0.3) is 0 Å². The van der Waals surface area contributed by atoms with Gasteiger partial charge in [-0.3, -0.25) is 0 Å².